The van der Waals surface area contributed by atoms with Crippen LogP contribution in [0.3, 0.4) is 0 Å². The van der Waals surface area contributed by atoms with Crippen molar-refractivity contribution in [3.8, 4) is 17.0 Å². The van der Waals surface area contributed by atoms with E-state index in [1.54, 1.807) is 4.90 Å². The molecular formula is C35H41F2N5O3. The van der Waals surface area contributed by atoms with Crippen molar-refractivity contribution in [1.82, 2.24) is 14.8 Å². The van der Waals surface area contributed by atoms with Crippen LogP contribution in [0.1, 0.15) is 43.2 Å². The topological polar surface area (TPSA) is 84.4 Å². The molecule has 4 heterocycles. The highest BCUT2D eigenvalue weighted by atomic mass is 19.3. The number of alkyl halides is 2. The first-order chi connectivity index (χ1) is 22.0. The molecule has 0 bridgehead atoms. The van der Waals surface area contributed by atoms with Gasteiger partial charge >= 0.3 is 0 Å². The Morgan fingerprint density at radius 1 is 0.956 bits per heavy atom. The minimum Gasteiger partial charge on any atom is -0.490 e. The van der Waals surface area contributed by atoms with Crippen LogP contribution in [0, 0.1) is 0 Å². The fraction of sp³-hybridized carbons (Fsp3) is 0.429. The number of nitrogens with one attached hydrogen (secondary N) is 1. The molecule has 45 heavy (non-hydrogen) atoms. The highest BCUT2D eigenvalue weighted by Gasteiger charge is 2.24. The van der Waals surface area contributed by atoms with Gasteiger partial charge in [0, 0.05) is 75.3 Å². The number of benzene rings is 2. The lowest BCUT2D eigenvalue weighted by atomic mass is 9.97. The molecule has 1 aromatic heterocycles. The number of allylic oxidation sites excluding steroid dienone is 1. The van der Waals surface area contributed by atoms with Gasteiger partial charge in [-0.1, -0.05) is 30.3 Å². The fourth-order valence-electron chi connectivity index (χ4n) is 6.37. The van der Waals surface area contributed by atoms with Crippen molar-refractivity contribution in [2.24, 2.45) is 4.99 Å². The number of hydrogen-bond acceptors (Lipinski definition) is 6. The van der Waals surface area contributed by atoms with Gasteiger partial charge in [0.15, 0.2) is 0 Å². The maximum absolute atomic E-state index is 12.8. The number of carbonyl (C=O) groups is 1. The Bertz CT molecular complexity index is 1490. The molecule has 1 amide bonds. The standard InChI is InChI=1S/C35H41F2N5O3/c36-33(37)23-40-18-20-41(21-19-40)27-9-5-26(6-10-27)32-22-31-30(4-2-1-3-15-38-35(31)39-32)25-7-11-28(12-8-25)45-29-13-16-42(17-14-29)34(44)24-43/h4-12,15,22,29,33,39,43H,1-3,13-14,16-21,23-24H2/b30-4-,38-15-. The highest BCUT2D eigenvalue weighted by molar-refractivity contribution is 5.88. The predicted octanol–water partition coefficient (Wildman–Crippen LogP) is 5.75. The number of aromatic nitrogens is 1. The van der Waals surface area contributed by atoms with Gasteiger partial charge in [-0.2, -0.15) is 0 Å². The number of carbonyl (C=O) groups excluding carboxylic acids is 1. The van der Waals surface area contributed by atoms with E-state index in [0.717, 1.165) is 90.4 Å². The third kappa shape index (κ3) is 7.62. The van der Waals surface area contributed by atoms with E-state index < -0.39 is 13.0 Å². The lowest BCUT2D eigenvalue weighted by Gasteiger charge is -2.35. The molecule has 3 aliphatic heterocycles. The molecule has 238 valence electrons. The van der Waals surface area contributed by atoms with Gasteiger partial charge in [-0.25, -0.2) is 13.8 Å². The third-order valence-electron chi connectivity index (χ3n) is 8.90. The van der Waals surface area contributed by atoms with E-state index in [1.807, 2.05) is 23.2 Å². The smallest absolute Gasteiger partial charge is 0.251 e. The molecule has 2 fully saturated rings. The van der Waals surface area contributed by atoms with Gasteiger partial charge in [0.2, 0.25) is 5.91 Å². The molecule has 8 nitrogen and oxygen atoms in total. The van der Waals surface area contributed by atoms with Crippen molar-refractivity contribution >= 4 is 29.2 Å². The minimum absolute atomic E-state index is 0.0392. The number of nitrogens with zero attached hydrogens (tertiary/aromatic N) is 4. The van der Waals surface area contributed by atoms with Crippen molar-refractivity contribution in [2.45, 2.75) is 44.6 Å². The molecule has 6 rings (SSSR count). The van der Waals surface area contributed by atoms with E-state index in [1.165, 1.54) is 0 Å². The summed E-state index contributed by atoms with van der Waals surface area (Å²) in [5.41, 5.74) is 6.43. The second kappa shape index (κ2) is 14.4. The summed E-state index contributed by atoms with van der Waals surface area (Å²) in [6.45, 7) is 3.34. The summed E-state index contributed by atoms with van der Waals surface area (Å²) in [7, 11) is 0. The maximum Gasteiger partial charge on any atom is 0.251 e. The largest absolute Gasteiger partial charge is 0.490 e. The van der Waals surface area contributed by atoms with Crippen LogP contribution < -0.4 is 9.64 Å². The summed E-state index contributed by atoms with van der Waals surface area (Å²) in [4.78, 5) is 25.9. The Balaban J connectivity index is 1.15. The number of H-pyrrole nitrogens is 1. The SMILES string of the molecule is O=C(CO)N1CCC(Oc2ccc(/C3=C/CCC/C=N\c4[nH]c(-c5ccc(N6CCN(CC(F)F)CC6)cc5)cc43)cc2)CC1. The number of ether oxygens (including phenoxy) is 1. The number of piperidine rings is 1. The number of halogens is 2. The second-order valence-corrected chi connectivity index (χ2v) is 11.9. The maximum atomic E-state index is 12.8. The molecule has 0 atom stereocenters. The van der Waals surface area contributed by atoms with Crippen molar-refractivity contribution in [3.63, 3.8) is 0 Å². The number of aliphatic hydroxyl groups is 1. The Morgan fingerprint density at radius 3 is 2.36 bits per heavy atom. The normalized spacial score (nSPS) is 20.1. The average Bonchev–Trinajstić information content (AvgIpc) is 3.51. The number of likely N-dealkylation sites (tertiary alicyclic amines) is 1. The molecular weight excluding hydrogens is 576 g/mol. The first-order valence-electron chi connectivity index (χ1n) is 15.9. The molecule has 0 saturated carbocycles. The molecule has 2 N–H and O–H groups in total. The zero-order chi connectivity index (χ0) is 31.2. The van der Waals surface area contributed by atoms with E-state index >= 15 is 0 Å². The number of hydrogen-bond donors (Lipinski definition) is 2. The molecule has 0 spiro atoms. The van der Waals surface area contributed by atoms with Gasteiger partial charge in [-0.05, 0) is 66.3 Å². The number of rotatable bonds is 8. The average molecular weight is 618 g/mol. The van der Waals surface area contributed by atoms with Crippen LogP contribution in [0.4, 0.5) is 20.3 Å². The lowest BCUT2D eigenvalue weighted by Crippen LogP contribution is -2.47. The number of piperazine rings is 1. The van der Waals surface area contributed by atoms with Crippen molar-refractivity contribution in [1.29, 1.82) is 0 Å². The molecule has 0 radical (unpaired) electrons. The van der Waals surface area contributed by atoms with E-state index in [4.69, 9.17) is 14.8 Å². The zero-order valence-corrected chi connectivity index (χ0v) is 25.5. The van der Waals surface area contributed by atoms with Crippen molar-refractivity contribution < 1.29 is 23.4 Å². The third-order valence-corrected chi connectivity index (χ3v) is 8.90. The quantitative estimate of drug-likeness (QED) is 0.337. The van der Waals surface area contributed by atoms with Crippen molar-refractivity contribution in [3.05, 3.63) is 71.8 Å². The molecule has 0 unspecified atom stereocenters. The molecule has 2 aromatic carbocycles. The fourth-order valence-corrected chi connectivity index (χ4v) is 6.37. The summed E-state index contributed by atoms with van der Waals surface area (Å²) in [5, 5.41) is 9.12. The summed E-state index contributed by atoms with van der Waals surface area (Å²) in [6, 6.07) is 18.8. The van der Waals surface area contributed by atoms with E-state index in [0.29, 0.717) is 26.2 Å². The van der Waals surface area contributed by atoms with Crippen molar-refractivity contribution in [2.75, 3.05) is 57.3 Å². The zero-order valence-electron chi connectivity index (χ0n) is 25.5. The molecule has 3 aliphatic rings. The van der Waals surface area contributed by atoms with Gasteiger partial charge in [-0.15, -0.1) is 0 Å². The van der Waals surface area contributed by atoms with Crippen LogP contribution >= 0.6 is 0 Å². The first kappa shape index (κ1) is 31.0. The Hall–Kier alpha value is -4.02. The van der Waals surface area contributed by atoms with E-state index in [9.17, 15) is 13.6 Å². The number of fused-ring (bicyclic) bond motifs is 1. The van der Waals surface area contributed by atoms with E-state index in [2.05, 4.69) is 58.4 Å². The summed E-state index contributed by atoms with van der Waals surface area (Å²) >= 11 is 0. The Kier molecular flexibility index (Phi) is 9.91. The van der Waals surface area contributed by atoms with Gasteiger partial charge in [-0.3, -0.25) is 9.69 Å². The van der Waals surface area contributed by atoms with Gasteiger partial charge in [0.05, 0.1) is 6.54 Å². The van der Waals surface area contributed by atoms with Crippen LogP contribution in [-0.2, 0) is 4.79 Å². The van der Waals surface area contributed by atoms with E-state index in [-0.39, 0.29) is 18.6 Å². The Labute approximate surface area is 263 Å². The molecule has 3 aromatic rings. The van der Waals surface area contributed by atoms with Crippen LogP contribution in [0.15, 0.2) is 65.7 Å². The summed E-state index contributed by atoms with van der Waals surface area (Å²) in [5.74, 6) is 1.41. The summed E-state index contributed by atoms with van der Waals surface area (Å²) < 4.78 is 31.8. The van der Waals surface area contributed by atoms with Gasteiger partial charge in [0.25, 0.3) is 6.43 Å². The van der Waals surface area contributed by atoms with Crippen LogP contribution in [0.25, 0.3) is 16.8 Å². The highest BCUT2D eigenvalue weighted by Crippen LogP contribution is 2.37. The number of aromatic amines is 1. The van der Waals surface area contributed by atoms with Gasteiger partial charge < -0.3 is 24.6 Å². The van der Waals surface area contributed by atoms with Gasteiger partial charge in [0.1, 0.15) is 24.3 Å². The van der Waals surface area contributed by atoms with Crippen LogP contribution in [0.5, 0.6) is 5.75 Å². The van der Waals surface area contributed by atoms with Crippen LogP contribution in [0.2, 0.25) is 0 Å². The number of anilines is 1. The predicted molar refractivity (Wildman–Crippen MR) is 174 cm³/mol. The molecule has 10 heteroatoms. The lowest BCUT2D eigenvalue weighted by molar-refractivity contribution is -0.135. The number of aliphatic hydroxyl groups excluding tert-OH is 1. The molecule has 2 saturated heterocycles. The minimum atomic E-state index is -2.29. The van der Waals surface area contributed by atoms with Crippen LogP contribution in [-0.4, -0.2) is 97.0 Å². The molecule has 0 aliphatic carbocycles. The first-order valence-corrected chi connectivity index (χ1v) is 15.9. The number of amides is 1. The second-order valence-electron chi connectivity index (χ2n) is 11.9. The number of aliphatic imine (C=N–C) groups is 1. The monoisotopic (exact) mass is 617 g/mol. The summed E-state index contributed by atoms with van der Waals surface area (Å²) in [6.07, 6.45) is 6.40. The Morgan fingerprint density at radius 2 is 1.67 bits per heavy atom.